The molecular weight excluding hydrogens is 611 g/mol. The number of carbonyl (C=O) groups excluding carboxylic acids is 2. The minimum atomic E-state index is -0.445. The van der Waals surface area contributed by atoms with E-state index in [1.54, 1.807) is 19.3 Å². The summed E-state index contributed by atoms with van der Waals surface area (Å²) >= 11 is 5.57. The van der Waals surface area contributed by atoms with Crippen molar-refractivity contribution in [1.29, 1.82) is 0 Å². The van der Waals surface area contributed by atoms with Crippen molar-refractivity contribution in [3.63, 3.8) is 0 Å². The lowest BCUT2D eigenvalue weighted by Crippen LogP contribution is -2.30. The van der Waals surface area contributed by atoms with Crippen molar-refractivity contribution >= 4 is 56.5 Å². The molecule has 1 saturated heterocycles. The van der Waals surface area contributed by atoms with E-state index in [1.807, 2.05) is 61.5 Å². The summed E-state index contributed by atoms with van der Waals surface area (Å²) in [6.45, 7) is 2.65. The topological polar surface area (TPSA) is 67.9 Å². The number of urea groups is 1. The fourth-order valence-corrected chi connectivity index (χ4v) is 4.50. The molecule has 6 nitrogen and oxygen atoms in total. The largest absolute Gasteiger partial charge is 0.493 e. The first-order valence-electron chi connectivity index (χ1n) is 10.5. The van der Waals surface area contributed by atoms with Crippen molar-refractivity contribution < 1.29 is 19.1 Å². The molecule has 0 spiro atoms. The van der Waals surface area contributed by atoms with E-state index in [2.05, 4.69) is 43.8 Å². The van der Waals surface area contributed by atoms with E-state index in [-0.39, 0.29) is 18.1 Å². The number of benzene rings is 3. The van der Waals surface area contributed by atoms with Gasteiger partial charge >= 0.3 is 6.03 Å². The molecule has 0 radical (unpaired) electrons. The van der Waals surface area contributed by atoms with Crippen LogP contribution in [0.25, 0.3) is 6.08 Å². The van der Waals surface area contributed by atoms with Gasteiger partial charge < -0.3 is 14.8 Å². The zero-order chi connectivity index (χ0) is 24.2. The average Bonchev–Trinajstić information content (AvgIpc) is 3.07. The lowest BCUT2D eigenvalue weighted by atomic mass is 10.1. The second-order valence-electron chi connectivity index (χ2n) is 7.81. The van der Waals surface area contributed by atoms with Gasteiger partial charge in [-0.2, -0.15) is 0 Å². The van der Waals surface area contributed by atoms with Gasteiger partial charge in [0.2, 0.25) is 0 Å². The fourth-order valence-electron chi connectivity index (χ4n) is 3.46. The van der Waals surface area contributed by atoms with Crippen LogP contribution >= 0.6 is 38.5 Å². The summed E-state index contributed by atoms with van der Waals surface area (Å²) in [5.74, 6) is 0.806. The van der Waals surface area contributed by atoms with Gasteiger partial charge in [0, 0.05) is 4.47 Å². The second-order valence-corrected chi connectivity index (χ2v) is 9.89. The van der Waals surface area contributed by atoms with Crippen LogP contribution in [0.4, 0.5) is 4.79 Å². The van der Waals surface area contributed by atoms with E-state index in [0.717, 1.165) is 24.7 Å². The molecule has 1 aliphatic heterocycles. The summed E-state index contributed by atoms with van der Waals surface area (Å²) in [6, 6.07) is 18.9. The third-order valence-electron chi connectivity index (χ3n) is 5.28. The molecule has 8 heteroatoms. The van der Waals surface area contributed by atoms with Crippen molar-refractivity contribution in [1.82, 2.24) is 10.2 Å². The summed E-state index contributed by atoms with van der Waals surface area (Å²) in [7, 11) is 1.57. The van der Waals surface area contributed by atoms with Crippen molar-refractivity contribution in [2.45, 2.75) is 20.1 Å². The lowest BCUT2D eigenvalue weighted by Gasteiger charge is -2.14. The van der Waals surface area contributed by atoms with Gasteiger partial charge in [0.05, 0.1) is 17.2 Å². The average molecular weight is 633 g/mol. The molecule has 1 heterocycles. The molecule has 3 aromatic carbocycles. The predicted molar refractivity (Wildman–Crippen MR) is 142 cm³/mol. The van der Waals surface area contributed by atoms with Crippen LogP contribution in [0.15, 0.2) is 70.8 Å². The van der Waals surface area contributed by atoms with E-state index in [4.69, 9.17) is 9.47 Å². The number of amides is 3. The van der Waals surface area contributed by atoms with Crippen LogP contribution in [0.2, 0.25) is 0 Å². The lowest BCUT2D eigenvalue weighted by molar-refractivity contribution is -0.123. The van der Waals surface area contributed by atoms with Crippen LogP contribution in [0.1, 0.15) is 22.3 Å². The molecule has 0 saturated carbocycles. The van der Waals surface area contributed by atoms with E-state index in [1.165, 1.54) is 10.5 Å². The number of carbonyl (C=O) groups is 2. The molecular formula is C26H22BrIN2O4. The van der Waals surface area contributed by atoms with Crippen molar-refractivity contribution in [2.75, 3.05) is 7.11 Å². The molecule has 1 fully saturated rings. The summed E-state index contributed by atoms with van der Waals surface area (Å²) in [5.41, 5.74) is 4.04. The SMILES string of the molecule is COc1cc(/C=C2/NC(=O)N(Cc3ccc(Br)cc3)C2=O)cc(I)c1OCc1ccc(C)cc1. The third-order valence-corrected chi connectivity index (χ3v) is 6.61. The minimum absolute atomic E-state index is 0.196. The molecule has 0 unspecified atom stereocenters. The Labute approximate surface area is 220 Å². The standard InChI is InChI=1S/C26H22BrIN2O4/c1-16-3-5-18(6-4-16)15-34-24-21(28)11-19(13-23(24)33-2)12-22-25(31)30(26(32)29-22)14-17-7-9-20(27)10-8-17/h3-13H,14-15H2,1-2H3,(H,29,32)/b22-12+. The molecule has 34 heavy (non-hydrogen) atoms. The molecule has 3 amide bonds. The van der Waals surface area contributed by atoms with Gasteiger partial charge in [-0.05, 0) is 76.5 Å². The normalized spacial score (nSPS) is 14.5. The number of nitrogens with zero attached hydrogens (tertiary/aromatic N) is 1. The van der Waals surface area contributed by atoms with Gasteiger partial charge in [0.1, 0.15) is 12.3 Å². The number of aryl methyl sites for hydroxylation is 1. The molecule has 0 bridgehead atoms. The Hall–Kier alpha value is -2.85. The zero-order valence-corrected chi connectivity index (χ0v) is 22.3. The molecule has 1 N–H and O–H groups in total. The van der Waals surface area contributed by atoms with Crippen molar-refractivity contribution in [3.8, 4) is 11.5 Å². The fraction of sp³-hybridized carbons (Fsp3) is 0.154. The van der Waals surface area contributed by atoms with Gasteiger partial charge in [-0.25, -0.2) is 4.79 Å². The molecule has 174 valence electrons. The highest BCUT2D eigenvalue weighted by Gasteiger charge is 2.33. The Morgan fingerprint density at radius 2 is 1.71 bits per heavy atom. The Morgan fingerprint density at radius 3 is 2.38 bits per heavy atom. The first-order chi connectivity index (χ1) is 16.3. The van der Waals surface area contributed by atoms with E-state index < -0.39 is 6.03 Å². The maximum atomic E-state index is 12.9. The third kappa shape index (κ3) is 5.61. The van der Waals surface area contributed by atoms with Crippen LogP contribution in [-0.2, 0) is 17.9 Å². The first kappa shape index (κ1) is 24.3. The number of nitrogens with one attached hydrogen (secondary N) is 1. The van der Waals surface area contributed by atoms with Gasteiger partial charge in [-0.15, -0.1) is 0 Å². The van der Waals surface area contributed by atoms with Crippen LogP contribution in [0.5, 0.6) is 11.5 Å². The molecule has 0 aliphatic carbocycles. The number of halogens is 2. The molecule has 0 aromatic heterocycles. The highest BCUT2D eigenvalue weighted by Crippen LogP contribution is 2.35. The molecule has 4 rings (SSSR count). The molecule has 0 atom stereocenters. The highest BCUT2D eigenvalue weighted by molar-refractivity contribution is 14.1. The van der Waals surface area contributed by atoms with E-state index in [0.29, 0.717) is 18.1 Å². The van der Waals surface area contributed by atoms with Crippen molar-refractivity contribution in [3.05, 3.63) is 96.7 Å². The number of imide groups is 1. The quantitative estimate of drug-likeness (QED) is 0.196. The maximum absolute atomic E-state index is 12.9. The number of rotatable bonds is 7. The van der Waals surface area contributed by atoms with Crippen LogP contribution in [0, 0.1) is 10.5 Å². The number of methoxy groups -OCH3 is 1. The van der Waals surface area contributed by atoms with Crippen LogP contribution in [-0.4, -0.2) is 23.9 Å². The first-order valence-corrected chi connectivity index (χ1v) is 12.4. The highest BCUT2D eigenvalue weighted by atomic mass is 127. The van der Waals surface area contributed by atoms with E-state index in [9.17, 15) is 9.59 Å². The van der Waals surface area contributed by atoms with E-state index >= 15 is 0 Å². The van der Waals surface area contributed by atoms with Gasteiger partial charge in [0.25, 0.3) is 5.91 Å². The zero-order valence-electron chi connectivity index (χ0n) is 18.6. The summed E-state index contributed by atoms with van der Waals surface area (Å²) in [6.07, 6.45) is 1.65. The summed E-state index contributed by atoms with van der Waals surface area (Å²) in [4.78, 5) is 26.5. The maximum Gasteiger partial charge on any atom is 0.329 e. The Balaban J connectivity index is 1.52. The number of hydrogen-bond acceptors (Lipinski definition) is 4. The predicted octanol–water partition coefficient (Wildman–Crippen LogP) is 6.04. The Bertz CT molecular complexity index is 1260. The molecule has 3 aromatic rings. The smallest absolute Gasteiger partial charge is 0.329 e. The Kier molecular flexibility index (Phi) is 7.57. The number of ether oxygens (including phenoxy) is 2. The minimum Gasteiger partial charge on any atom is -0.493 e. The van der Waals surface area contributed by atoms with Gasteiger partial charge in [0.15, 0.2) is 11.5 Å². The van der Waals surface area contributed by atoms with Crippen LogP contribution in [0.3, 0.4) is 0 Å². The summed E-state index contributed by atoms with van der Waals surface area (Å²) in [5, 5.41) is 2.67. The monoisotopic (exact) mass is 632 g/mol. The summed E-state index contributed by atoms with van der Waals surface area (Å²) < 4.78 is 13.4. The number of hydrogen-bond donors (Lipinski definition) is 1. The Morgan fingerprint density at radius 1 is 1.03 bits per heavy atom. The second kappa shape index (κ2) is 10.6. The molecule has 1 aliphatic rings. The van der Waals surface area contributed by atoms with Gasteiger partial charge in [-0.3, -0.25) is 9.69 Å². The van der Waals surface area contributed by atoms with Crippen molar-refractivity contribution in [2.24, 2.45) is 0 Å². The van der Waals surface area contributed by atoms with Gasteiger partial charge in [-0.1, -0.05) is 57.9 Å². The van der Waals surface area contributed by atoms with Crippen LogP contribution < -0.4 is 14.8 Å².